The number of aryl methyl sites for hydroxylation is 1. The largest absolute Gasteiger partial charge is 0.389 e. The Bertz CT molecular complexity index is 1630. The van der Waals surface area contributed by atoms with Crippen LogP contribution in [0.3, 0.4) is 0 Å². The average Bonchev–Trinajstić information content (AvgIpc) is 3.70. The molecule has 2 aliphatic carbocycles. The molecule has 7 rings (SSSR count). The van der Waals surface area contributed by atoms with E-state index in [9.17, 15) is 5.11 Å². The lowest BCUT2D eigenvalue weighted by molar-refractivity contribution is -0.106. The maximum absolute atomic E-state index is 10.8. The van der Waals surface area contributed by atoms with E-state index in [1.807, 2.05) is 35.8 Å². The van der Waals surface area contributed by atoms with Crippen molar-refractivity contribution >= 4 is 32.6 Å². The molecule has 6 nitrogen and oxygen atoms in total. The van der Waals surface area contributed by atoms with Crippen LogP contribution in [0.2, 0.25) is 0 Å². The number of nitrogens with zero attached hydrogens (tertiary/aromatic N) is 4. The Morgan fingerprint density at radius 1 is 1.00 bits per heavy atom. The molecule has 2 aromatic carbocycles. The van der Waals surface area contributed by atoms with Crippen molar-refractivity contribution in [2.24, 2.45) is 11.7 Å². The van der Waals surface area contributed by atoms with Crippen LogP contribution in [-0.2, 0) is 5.54 Å². The van der Waals surface area contributed by atoms with E-state index in [1.165, 1.54) is 0 Å². The number of pyridine rings is 1. The van der Waals surface area contributed by atoms with E-state index in [-0.39, 0.29) is 0 Å². The van der Waals surface area contributed by atoms with Crippen LogP contribution in [0.5, 0.6) is 0 Å². The van der Waals surface area contributed by atoms with Gasteiger partial charge in [0.25, 0.3) is 0 Å². The van der Waals surface area contributed by atoms with Crippen LogP contribution in [0.15, 0.2) is 71.3 Å². The monoisotopic (exact) mass is 539 g/mol. The lowest BCUT2D eigenvalue weighted by Gasteiger charge is -2.52. The number of fused-ring (bicyclic) bond motifs is 3. The number of benzene rings is 2. The van der Waals surface area contributed by atoms with E-state index >= 15 is 0 Å². The molecule has 3 heterocycles. The normalized spacial score (nSPS) is 23.8. The maximum atomic E-state index is 10.8. The van der Waals surface area contributed by atoms with Crippen LogP contribution in [0.4, 0.5) is 0 Å². The molecule has 5 aromatic rings. The van der Waals surface area contributed by atoms with Gasteiger partial charge in [0.05, 0.1) is 21.5 Å². The van der Waals surface area contributed by atoms with Crippen LogP contribution in [-0.4, -0.2) is 30.3 Å². The van der Waals surface area contributed by atoms with Gasteiger partial charge in [-0.2, -0.15) is 9.61 Å². The van der Waals surface area contributed by atoms with E-state index in [4.69, 9.17) is 10.7 Å². The van der Waals surface area contributed by atoms with Crippen molar-refractivity contribution in [3.63, 3.8) is 0 Å². The molecule has 2 saturated carbocycles. The summed E-state index contributed by atoms with van der Waals surface area (Å²) in [6, 6.07) is 20.8. The van der Waals surface area contributed by atoms with Gasteiger partial charge in [0.2, 0.25) is 0 Å². The Hall–Kier alpha value is -3.13. The molecule has 0 radical (unpaired) electrons. The fraction of sp³-hybridized carbons (Fsp3) is 0.276. The van der Waals surface area contributed by atoms with Crippen molar-refractivity contribution in [1.82, 2.24) is 19.6 Å². The first-order chi connectivity index (χ1) is 17.3. The smallest absolute Gasteiger partial charge is 0.172 e. The molecule has 3 aromatic heterocycles. The van der Waals surface area contributed by atoms with E-state index in [2.05, 4.69) is 68.5 Å². The van der Waals surface area contributed by atoms with Gasteiger partial charge in [-0.25, -0.2) is 9.97 Å². The maximum Gasteiger partial charge on any atom is 0.172 e. The number of nitrogens with two attached hydrogens (primary N) is 1. The van der Waals surface area contributed by atoms with E-state index < -0.39 is 11.1 Å². The van der Waals surface area contributed by atoms with Crippen molar-refractivity contribution in [3.8, 4) is 22.4 Å². The summed E-state index contributed by atoms with van der Waals surface area (Å²) in [6.45, 7) is 1.95. The van der Waals surface area contributed by atoms with Crippen LogP contribution in [0, 0.1) is 12.8 Å². The minimum atomic E-state index is -0.580. The molecule has 0 saturated heterocycles. The van der Waals surface area contributed by atoms with Gasteiger partial charge in [-0.3, -0.25) is 0 Å². The molecular formula is C29H26BrN5O. The van der Waals surface area contributed by atoms with Crippen LogP contribution >= 0.6 is 15.9 Å². The number of halogens is 1. The molecule has 36 heavy (non-hydrogen) atoms. The highest BCUT2D eigenvalue weighted by atomic mass is 79.9. The third-order valence-electron chi connectivity index (χ3n) is 7.92. The van der Waals surface area contributed by atoms with E-state index in [0.29, 0.717) is 18.8 Å². The quantitative estimate of drug-likeness (QED) is 0.302. The Balaban J connectivity index is 1.36. The van der Waals surface area contributed by atoms with Gasteiger partial charge in [-0.1, -0.05) is 54.6 Å². The zero-order valence-electron chi connectivity index (χ0n) is 19.9. The predicted octanol–water partition coefficient (Wildman–Crippen LogP) is 5.77. The summed E-state index contributed by atoms with van der Waals surface area (Å²) >= 11 is 3.61. The third kappa shape index (κ3) is 3.34. The molecule has 0 atom stereocenters. The number of hydrogen-bond acceptors (Lipinski definition) is 5. The molecule has 180 valence electrons. The number of rotatable bonds is 4. The Morgan fingerprint density at radius 3 is 2.42 bits per heavy atom. The summed E-state index contributed by atoms with van der Waals surface area (Å²) in [5, 5.41) is 16.4. The van der Waals surface area contributed by atoms with Crippen molar-refractivity contribution in [1.29, 1.82) is 0 Å². The molecule has 0 spiro atoms. The molecule has 2 fully saturated rings. The van der Waals surface area contributed by atoms with Gasteiger partial charge in [0, 0.05) is 28.2 Å². The van der Waals surface area contributed by atoms with E-state index in [0.717, 1.165) is 67.6 Å². The highest BCUT2D eigenvalue weighted by Crippen LogP contribution is 2.57. The highest BCUT2D eigenvalue weighted by molar-refractivity contribution is 9.10. The van der Waals surface area contributed by atoms with Gasteiger partial charge >= 0.3 is 0 Å². The molecule has 0 amide bonds. The van der Waals surface area contributed by atoms with Crippen molar-refractivity contribution in [2.45, 2.75) is 43.7 Å². The topological polar surface area (TPSA) is 89.3 Å². The first-order valence-corrected chi connectivity index (χ1v) is 13.2. The Kier molecular flexibility index (Phi) is 4.72. The Morgan fingerprint density at radius 2 is 1.72 bits per heavy atom. The van der Waals surface area contributed by atoms with Crippen molar-refractivity contribution in [3.05, 3.63) is 82.6 Å². The van der Waals surface area contributed by atoms with Crippen molar-refractivity contribution < 1.29 is 5.11 Å². The van der Waals surface area contributed by atoms with Crippen LogP contribution in [0.25, 0.3) is 39.1 Å². The lowest BCUT2D eigenvalue weighted by Crippen LogP contribution is -2.60. The number of aliphatic hydroxyl groups is 1. The van der Waals surface area contributed by atoms with Gasteiger partial charge < -0.3 is 10.8 Å². The Labute approximate surface area is 217 Å². The van der Waals surface area contributed by atoms with Gasteiger partial charge in [-0.05, 0) is 71.6 Å². The lowest BCUT2D eigenvalue weighted by atomic mass is 9.60. The molecular weight excluding hydrogens is 514 g/mol. The van der Waals surface area contributed by atoms with Gasteiger partial charge in [0.15, 0.2) is 11.3 Å². The summed E-state index contributed by atoms with van der Waals surface area (Å²) in [5.41, 5.74) is 13.1. The second-order valence-electron chi connectivity index (χ2n) is 10.5. The number of aromatic nitrogens is 4. The van der Waals surface area contributed by atoms with Crippen LogP contribution < -0.4 is 5.73 Å². The molecule has 0 bridgehead atoms. The zero-order valence-corrected chi connectivity index (χ0v) is 21.5. The average molecular weight is 540 g/mol. The summed E-state index contributed by atoms with van der Waals surface area (Å²) in [6.07, 6.45) is 5.36. The standard InChI is InChI=1S/C29H26BrN5O/c1-17-24(30)27-32-14-20-13-23(18-5-3-2-4-6-18)25(33-26(20)35(27)34-17)19-7-9-21(10-8-19)28(31)15-29(36,16-28)22-11-12-22/h2-10,13-14,22,36H,11-12,15-16,31H2,1H3/t28-,29-. The molecule has 2 aliphatic rings. The first kappa shape index (κ1) is 22.1. The van der Waals surface area contributed by atoms with Crippen LogP contribution in [0.1, 0.15) is 36.9 Å². The minimum Gasteiger partial charge on any atom is -0.389 e. The summed E-state index contributed by atoms with van der Waals surface area (Å²) in [4.78, 5) is 9.78. The molecule has 0 unspecified atom stereocenters. The summed E-state index contributed by atoms with van der Waals surface area (Å²) in [7, 11) is 0. The highest BCUT2D eigenvalue weighted by Gasteiger charge is 2.58. The third-order valence-corrected chi connectivity index (χ3v) is 8.85. The molecule has 3 N–H and O–H groups in total. The van der Waals surface area contributed by atoms with Gasteiger partial charge in [0.1, 0.15) is 0 Å². The molecule has 0 aliphatic heterocycles. The molecule has 7 heteroatoms. The van der Waals surface area contributed by atoms with Gasteiger partial charge in [-0.15, -0.1) is 0 Å². The number of hydrogen-bond donors (Lipinski definition) is 2. The van der Waals surface area contributed by atoms with Crippen molar-refractivity contribution in [2.75, 3.05) is 0 Å². The minimum absolute atomic E-state index is 0.431. The second kappa shape index (κ2) is 7.68. The summed E-state index contributed by atoms with van der Waals surface area (Å²) in [5.74, 6) is 0.431. The first-order valence-electron chi connectivity index (χ1n) is 12.4. The summed E-state index contributed by atoms with van der Waals surface area (Å²) < 4.78 is 2.69. The fourth-order valence-electron chi connectivity index (χ4n) is 5.84. The SMILES string of the molecule is Cc1nn2c(ncc3cc(-c4ccccc4)c(-c4ccc([C@]5(N)C[C@@](O)(C6CC6)C5)cc4)nc32)c1Br. The predicted molar refractivity (Wildman–Crippen MR) is 144 cm³/mol. The zero-order chi connectivity index (χ0) is 24.7. The second-order valence-corrected chi connectivity index (χ2v) is 11.3. The fourth-order valence-corrected chi connectivity index (χ4v) is 6.19. The van der Waals surface area contributed by atoms with E-state index in [1.54, 1.807) is 0 Å².